The van der Waals surface area contributed by atoms with E-state index in [1.807, 2.05) is 0 Å². The molecule has 4 heteroatoms. The van der Waals surface area contributed by atoms with E-state index in [0.717, 1.165) is 25.3 Å². The van der Waals surface area contributed by atoms with Crippen LogP contribution in [0.2, 0.25) is 0 Å². The number of amides is 1. The van der Waals surface area contributed by atoms with E-state index in [-0.39, 0.29) is 11.6 Å². The van der Waals surface area contributed by atoms with Crippen molar-refractivity contribution in [3.8, 4) is 0 Å². The number of nitrogens with one attached hydrogen (secondary N) is 1. The summed E-state index contributed by atoms with van der Waals surface area (Å²) in [5.74, 6) is -2.19. The first-order valence-electron chi connectivity index (χ1n) is 5.84. The summed E-state index contributed by atoms with van der Waals surface area (Å²) in [7, 11) is 0. The Kier molecular flexibility index (Phi) is 3.41. The number of benzene rings is 1. The molecule has 0 spiro atoms. The fraction of sp³-hybridized carbons (Fsp3) is 0.462. The minimum Gasteiger partial charge on any atom is -0.349 e. The van der Waals surface area contributed by atoms with E-state index in [1.165, 1.54) is 12.1 Å². The predicted molar refractivity (Wildman–Crippen MR) is 60.6 cm³/mol. The largest absolute Gasteiger partial charge is 0.349 e. The first-order chi connectivity index (χ1) is 8.09. The maximum atomic E-state index is 13.4. The maximum absolute atomic E-state index is 13.4. The van der Waals surface area contributed by atoms with Crippen molar-refractivity contribution in [2.75, 3.05) is 0 Å². The quantitative estimate of drug-likeness (QED) is 0.844. The van der Waals surface area contributed by atoms with Gasteiger partial charge in [0, 0.05) is 6.04 Å². The molecule has 2 nitrogen and oxygen atoms in total. The molecule has 0 bridgehead atoms. The van der Waals surface area contributed by atoms with Gasteiger partial charge in [0.15, 0.2) is 11.6 Å². The molecule has 1 N–H and O–H groups in total. The van der Waals surface area contributed by atoms with E-state index in [9.17, 15) is 13.6 Å². The normalized spacial score (nSPS) is 23.7. The van der Waals surface area contributed by atoms with Crippen LogP contribution in [0, 0.1) is 17.6 Å². The molecule has 1 amide bonds. The summed E-state index contributed by atoms with van der Waals surface area (Å²) in [6.07, 6.45) is 3.04. The summed E-state index contributed by atoms with van der Waals surface area (Å²) in [4.78, 5) is 11.8. The van der Waals surface area contributed by atoms with E-state index < -0.39 is 17.5 Å². The number of rotatable bonds is 2. The molecule has 92 valence electrons. The van der Waals surface area contributed by atoms with Crippen LogP contribution in [0.4, 0.5) is 8.78 Å². The lowest BCUT2D eigenvalue weighted by Gasteiger charge is -2.17. The molecule has 0 saturated heterocycles. The first kappa shape index (κ1) is 12.0. The Labute approximate surface area is 99.0 Å². The molecule has 2 rings (SSSR count). The molecule has 1 aliphatic carbocycles. The van der Waals surface area contributed by atoms with Gasteiger partial charge in [-0.2, -0.15) is 0 Å². The van der Waals surface area contributed by atoms with Crippen molar-refractivity contribution in [2.24, 2.45) is 5.92 Å². The topological polar surface area (TPSA) is 29.1 Å². The third kappa shape index (κ3) is 2.46. The lowest BCUT2D eigenvalue weighted by molar-refractivity contribution is 0.0924. The third-order valence-corrected chi connectivity index (χ3v) is 3.37. The second-order valence-corrected chi connectivity index (χ2v) is 4.59. The molecule has 1 saturated carbocycles. The third-order valence-electron chi connectivity index (χ3n) is 3.37. The molecule has 2 atom stereocenters. The predicted octanol–water partition coefficient (Wildman–Crippen LogP) is 2.88. The Morgan fingerprint density at radius 3 is 2.76 bits per heavy atom. The van der Waals surface area contributed by atoms with Gasteiger partial charge < -0.3 is 5.32 Å². The highest BCUT2D eigenvalue weighted by Gasteiger charge is 2.26. The summed E-state index contributed by atoms with van der Waals surface area (Å²) in [6, 6.07) is 3.72. The maximum Gasteiger partial charge on any atom is 0.254 e. The van der Waals surface area contributed by atoms with Gasteiger partial charge in [-0.25, -0.2) is 8.78 Å². The standard InChI is InChI=1S/C13H15F2NO/c1-8-4-2-7-11(8)16-13(17)9-5-3-6-10(14)12(9)15/h3,5-6,8,11H,2,4,7H2,1H3,(H,16,17). The van der Waals surface area contributed by atoms with Crippen LogP contribution in [0.15, 0.2) is 18.2 Å². The SMILES string of the molecule is CC1CCCC1NC(=O)c1cccc(F)c1F. The molecule has 1 aromatic rings. The minimum atomic E-state index is -1.07. The Balaban J connectivity index is 2.12. The molecule has 0 aliphatic heterocycles. The lowest BCUT2D eigenvalue weighted by atomic mass is 10.1. The number of halogens is 2. The fourth-order valence-corrected chi connectivity index (χ4v) is 2.29. The van der Waals surface area contributed by atoms with Gasteiger partial charge in [-0.1, -0.05) is 19.4 Å². The van der Waals surface area contributed by atoms with Crippen LogP contribution < -0.4 is 5.32 Å². The van der Waals surface area contributed by atoms with Gasteiger partial charge in [0.05, 0.1) is 5.56 Å². The van der Waals surface area contributed by atoms with Gasteiger partial charge in [-0.3, -0.25) is 4.79 Å². The second kappa shape index (κ2) is 4.82. The van der Waals surface area contributed by atoms with E-state index in [0.29, 0.717) is 5.92 Å². The van der Waals surface area contributed by atoms with Crippen molar-refractivity contribution in [3.05, 3.63) is 35.4 Å². The monoisotopic (exact) mass is 239 g/mol. The van der Waals surface area contributed by atoms with Crippen molar-refractivity contribution >= 4 is 5.91 Å². The highest BCUT2D eigenvalue weighted by molar-refractivity contribution is 5.94. The van der Waals surface area contributed by atoms with E-state index in [2.05, 4.69) is 12.2 Å². The highest BCUT2D eigenvalue weighted by Crippen LogP contribution is 2.25. The Bertz CT molecular complexity index is 433. The average molecular weight is 239 g/mol. The van der Waals surface area contributed by atoms with Crippen molar-refractivity contribution in [3.63, 3.8) is 0 Å². The van der Waals surface area contributed by atoms with Crippen molar-refractivity contribution < 1.29 is 13.6 Å². The minimum absolute atomic E-state index is 0.0742. The van der Waals surface area contributed by atoms with Gasteiger partial charge in [-0.15, -0.1) is 0 Å². The number of hydrogen-bond acceptors (Lipinski definition) is 1. The van der Waals surface area contributed by atoms with Gasteiger partial charge >= 0.3 is 0 Å². The summed E-state index contributed by atoms with van der Waals surface area (Å²) in [6.45, 7) is 2.06. The zero-order valence-corrected chi connectivity index (χ0v) is 9.67. The van der Waals surface area contributed by atoms with E-state index >= 15 is 0 Å². The van der Waals surface area contributed by atoms with E-state index in [1.54, 1.807) is 0 Å². The Hall–Kier alpha value is -1.45. The van der Waals surface area contributed by atoms with E-state index in [4.69, 9.17) is 0 Å². The molecule has 1 aromatic carbocycles. The van der Waals surface area contributed by atoms with Crippen LogP contribution in [0.5, 0.6) is 0 Å². The molecule has 1 aliphatic rings. The molecule has 0 aromatic heterocycles. The van der Waals surface area contributed by atoms with Gasteiger partial charge in [0.25, 0.3) is 5.91 Å². The summed E-state index contributed by atoms with van der Waals surface area (Å²) >= 11 is 0. The summed E-state index contributed by atoms with van der Waals surface area (Å²) in [5.41, 5.74) is -0.218. The van der Waals surface area contributed by atoms with Crippen LogP contribution >= 0.6 is 0 Å². The number of hydrogen-bond donors (Lipinski definition) is 1. The van der Waals surface area contributed by atoms with Crippen molar-refractivity contribution in [1.29, 1.82) is 0 Å². The van der Waals surface area contributed by atoms with Gasteiger partial charge in [0.1, 0.15) is 0 Å². The van der Waals surface area contributed by atoms with Crippen LogP contribution in [-0.2, 0) is 0 Å². The van der Waals surface area contributed by atoms with Gasteiger partial charge in [0.2, 0.25) is 0 Å². The van der Waals surface area contributed by atoms with Crippen molar-refractivity contribution in [2.45, 2.75) is 32.2 Å². The summed E-state index contributed by atoms with van der Waals surface area (Å²) in [5, 5.41) is 2.77. The van der Waals surface area contributed by atoms with Crippen LogP contribution in [0.3, 0.4) is 0 Å². The fourth-order valence-electron chi connectivity index (χ4n) is 2.29. The molecule has 0 radical (unpaired) electrons. The lowest BCUT2D eigenvalue weighted by Crippen LogP contribution is -2.36. The van der Waals surface area contributed by atoms with Crippen LogP contribution in [-0.4, -0.2) is 11.9 Å². The Morgan fingerprint density at radius 2 is 2.12 bits per heavy atom. The van der Waals surface area contributed by atoms with Gasteiger partial charge in [-0.05, 0) is 30.9 Å². The molecular formula is C13H15F2NO. The Morgan fingerprint density at radius 1 is 1.35 bits per heavy atom. The van der Waals surface area contributed by atoms with Crippen molar-refractivity contribution in [1.82, 2.24) is 5.32 Å². The summed E-state index contributed by atoms with van der Waals surface area (Å²) < 4.78 is 26.4. The zero-order chi connectivity index (χ0) is 12.4. The molecule has 2 unspecified atom stereocenters. The average Bonchev–Trinajstić information content (AvgIpc) is 2.68. The molecule has 17 heavy (non-hydrogen) atoms. The van der Waals surface area contributed by atoms with Crippen LogP contribution in [0.25, 0.3) is 0 Å². The number of carbonyl (C=O) groups is 1. The first-order valence-corrected chi connectivity index (χ1v) is 5.84. The smallest absolute Gasteiger partial charge is 0.254 e. The molecule has 1 fully saturated rings. The second-order valence-electron chi connectivity index (χ2n) is 4.59. The number of carbonyl (C=O) groups excluding carboxylic acids is 1. The molecule has 0 heterocycles. The van der Waals surface area contributed by atoms with Crippen LogP contribution in [0.1, 0.15) is 36.5 Å². The highest BCUT2D eigenvalue weighted by atomic mass is 19.2. The zero-order valence-electron chi connectivity index (χ0n) is 9.67. The molecular weight excluding hydrogens is 224 g/mol.